The van der Waals surface area contributed by atoms with Crippen molar-refractivity contribution in [2.24, 2.45) is 0 Å². The molecule has 0 radical (unpaired) electrons. The van der Waals surface area contributed by atoms with E-state index in [4.69, 9.17) is 5.11 Å². The molecule has 1 amide bonds. The van der Waals surface area contributed by atoms with Crippen LogP contribution >= 0.6 is 0 Å². The Kier molecular flexibility index (Phi) is 3.58. The molecule has 0 aliphatic heterocycles. The van der Waals surface area contributed by atoms with Gasteiger partial charge >= 0.3 is 0 Å². The molecule has 1 aliphatic rings. The molecular weight excluding hydrogens is 218 g/mol. The molecule has 1 heterocycles. The zero-order chi connectivity index (χ0) is 12.3. The molecule has 1 fully saturated rings. The van der Waals surface area contributed by atoms with Crippen molar-refractivity contribution < 1.29 is 9.90 Å². The highest BCUT2D eigenvalue weighted by Crippen LogP contribution is 2.29. The van der Waals surface area contributed by atoms with Crippen LogP contribution < -0.4 is 5.32 Å². The van der Waals surface area contributed by atoms with Crippen molar-refractivity contribution in [1.82, 2.24) is 9.88 Å². The molecule has 5 heteroatoms. The lowest BCUT2D eigenvalue weighted by Crippen LogP contribution is -2.35. The summed E-state index contributed by atoms with van der Waals surface area (Å²) >= 11 is 0. The van der Waals surface area contributed by atoms with Crippen LogP contribution in [0.5, 0.6) is 0 Å². The first-order valence-corrected chi connectivity index (χ1v) is 5.81. The maximum Gasteiger partial charge on any atom is 0.257 e. The minimum atomic E-state index is -0.0565. The molecule has 0 atom stereocenters. The fraction of sp³-hybridized carbons (Fsp3) is 0.500. The first-order valence-electron chi connectivity index (χ1n) is 5.81. The molecule has 0 saturated heterocycles. The fourth-order valence-corrected chi connectivity index (χ4v) is 1.88. The second-order valence-corrected chi connectivity index (χ2v) is 4.12. The molecule has 1 aromatic heterocycles. The second kappa shape index (κ2) is 5.14. The summed E-state index contributed by atoms with van der Waals surface area (Å²) in [6.07, 6.45) is 5.28. The quantitative estimate of drug-likeness (QED) is 0.789. The monoisotopic (exact) mass is 235 g/mol. The molecule has 0 bridgehead atoms. The summed E-state index contributed by atoms with van der Waals surface area (Å²) in [4.78, 5) is 18.1. The van der Waals surface area contributed by atoms with Gasteiger partial charge in [0.1, 0.15) is 0 Å². The number of anilines is 1. The molecule has 92 valence electrons. The van der Waals surface area contributed by atoms with Crippen LogP contribution in [0.15, 0.2) is 18.5 Å². The normalized spacial score (nSPS) is 14.5. The first-order chi connectivity index (χ1) is 8.27. The standard InChI is InChI=1S/C12H17N3O2/c1-13-11-4-5-14-8-10(11)12(17)15(6-7-16)9-2-3-9/h4-5,8-9,16H,2-3,6-7H2,1H3,(H,13,14). The summed E-state index contributed by atoms with van der Waals surface area (Å²) in [6, 6.07) is 2.07. The van der Waals surface area contributed by atoms with Crippen molar-refractivity contribution in [2.45, 2.75) is 18.9 Å². The molecule has 5 nitrogen and oxygen atoms in total. The van der Waals surface area contributed by atoms with E-state index in [1.165, 1.54) is 0 Å². The van der Waals surface area contributed by atoms with Crippen LogP contribution in [-0.4, -0.2) is 47.1 Å². The number of aliphatic hydroxyl groups is 1. The van der Waals surface area contributed by atoms with Gasteiger partial charge in [-0.15, -0.1) is 0 Å². The lowest BCUT2D eigenvalue weighted by atomic mass is 10.2. The maximum atomic E-state index is 12.3. The van der Waals surface area contributed by atoms with Gasteiger partial charge in [0.05, 0.1) is 12.2 Å². The van der Waals surface area contributed by atoms with Crippen LogP contribution in [-0.2, 0) is 0 Å². The predicted molar refractivity (Wildman–Crippen MR) is 64.9 cm³/mol. The number of rotatable bonds is 5. The first kappa shape index (κ1) is 11.9. The summed E-state index contributed by atoms with van der Waals surface area (Å²) in [6.45, 7) is 0.388. The maximum absolute atomic E-state index is 12.3. The summed E-state index contributed by atoms with van der Waals surface area (Å²) in [5.41, 5.74) is 1.34. The average molecular weight is 235 g/mol. The molecule has 0 aromatic carbocycles. The number of hydrogen-bond donors (Lipinski definition) is 2. The Morgan fingerprint density at radius 1 is 1.65 bits per heavy atom. The van der Waals surface area contributed by atoms with Crippen molar-refractivity contribution in [3.05, 3.63) is 24.0 Å². The number of carbonyl (C=O) groups excluding carboxylic acids is 1. The van der Waals surface area contributed by atoms with Gasteiger partial charge in [0.2, 0.25) is 0 Å². The Labute approximate surface area is 100 Å². The third kappa shape index (κ3) is 2.55. The van der Waals surface area contributed by atoms with E-state index in [1.807, 2.05) is 0 Å². The van der Waals surface area contributed by atoms with Crippen molar-refractivity contribution in [1.29, 1.82) is 0 Å². The highest BCUT2D eigenvalue weighted by molar-refractivity contribution is 5.99. The van der Waals surface area contributed by atoms with Crippen molar-refractivity contribution in [2.75, 3.05) is 25.5 Å². The molecule has 17 heavy (non-hydrogen) atoms. The predicted octanol–water partition coefficient (Wildman–Crippen LogP) is 0.720. The molecule has 1 aromatic rings. The van der Waals surface area contributed by atoms with Crippen molar-refractivity contribution >= 4 is 11.6 Å². The molecule has 1 saturated carbocycles. The van der Waals surface area contributed by atoms with Gasteiger partial charge in [0.25, 0.3) is 5.91 Å². The van der Waals surface area contributed by atoms with Gasteiger partial charge in [-0.05, 0) is 18.9 Å². The molecule has 2 rings (SSSR count). The number of aromatic nitrogens is 1. The Bertz CT molecular complexity index is 404. The lowest BCUT2D eigenvalue weighted by molar-refractivity contribution is 0.0708. The molecular formula is C12H17N3O2. The number of aliphatic hydroxyl groups excluding tert-OH is 1. The largest absolute Gasteiger partial charge is 0.395 e. The number of hydrogen-bond acceptors (Lipinski definition) is 4. The summed E-state index contributed by atoms with van der Waals surface area (Å²) < 4.78 is 0. The van der Waals surface area contributed by atoms with Crippen LogP contribution in [0.1, 0.15) is 23.2 Å². The summed E-state index contributed by atoms with van der Waals surface area (Å²) in [5.74, 6) is -0.0565. The Morgan fingerprint density at radius 3 is 3.00 bits per heavy atom. The summed E-state index contributed by atoms with van der Waals surface area (Å²) in [5, 5.41) is 12.0. The van der Waals surface area contributed by atoms with Gasteiger partial charge in [0, 0.05) is 37.7 Å². The molecule has 2 N–H and O–H groups in total. The van der Waals surface area contributed by atoms with Gasteiger partial charge in [-0.3, -0.25) is 9.78 Å². The van der Waals surface area contributed by atoms with E-state index in [-0.39, 0.29) is 12.5 Å². The SMILES string of the molecule is CNc1ccncc1C(=O)N(CCO)C1CC1. The lowest BCUT2D eigenvalue weighted by Gasteiger charge is -2.22. The Hall–Kier alpha value is -1.62. The van der Waals surface area contributed by atoms with Crippen LogP contribution in [0.25, 0.3) is 0 Å². The zero-order valence-corrected chi connectivity index (χ0v) is 9.89. The smallest absolute Gasteiger partial charge is 0.257 e. The van der Waals surface area contributed by atoms with Crippen LogP contribution in [0.2, 0.25) is 0 Å². The zero-order valence-electron chi connectivity index (χ0n) is 9.89. The highest BCUT2D eigenvalue weighted by Gasteiger charge is 2.33. The van der Waals surface area contributed by atoms with Crippen LogP contribution in [0.3, 0.4) is 0 Å². The molecule has 0 spiro atoms. The second-order valence-electron chi connectivity index (χ2n) is 4.12. The van der Waals surface area contributed by atoms with Gasteiger partial charge < -0.3 is 15.3 Å². The van der Waals surface area contributed by atoms with Gasteiger partial charge in [0.15, 0.2) is 0 Å². The van der Waals surface area contributed by atoms with Crippen LogP contribution in [0.4, 0.5) is 5.69 Å². The van der Waals surface area contributed by atoms with Crippen molar-refractivity contribution in [3.8, 4) is 0 Å². The summed E-state index contributed by atoms with van der Waals surface area (Å²) in [7, 11) is 1.78. The van der Waals surface area contributed by atoms with Crippen molar-refractivity contribution in [3.63, 3.8) is 0 Å². The van der Waals surface area contributed by atoms with E-state index < -0.39 is 0 Å². The molecule has 1 aliphatic carbocycles. The van der Waals surface area contributed by atoms with Crippen LogP contribution in [0, 0.1) is 0 Å². The van der Waals surface area contributed by atoms with Gasteiger partial charge in [-0.2, -0.15) is 0 Å². The van der Waals surface area contributed by atoms with E-state index >= 15 is 0 Å². The van der Waals surface area contributed by atoms with E-state index in [0.717, 1.165) is 18.5 Å². The highest BCUT2D eigenvalue weighted by atomic mass is 16.3. The molecule has 0 unspecified atom stereocenters. The fourth-order valence-electron chi connectivity index (χ4n) is 1.88. The van der Waals surface area contributed by atoms with Gasteiger partial charge in [-0.1, -0.05) is 0 Å². The topological polar surface area (TPSA) is 65.5 Å². The number of nitrogens with zero attached hydrogens (tertiary/aromatic N) is 2. The Balaban J connectivity index is 2.21. The minimum absolute atomic E-state index is 0.00259. The number of amides is 1. The van der Waals surface area contributed by atoms with E-state index in [2.05, 4.69) is 10.3 Å². The third-order valence-electron chi connectivity index (χ3n) is 2.91. The third-order valence-corrected chi connectivity index (χ3v) is 2.91. The van der Waals surface area contributed by atoms with Gasteiger partial charge in [-0.25, -0.2) is 0 Å². The van der Waals surface area contributed by atoms with E-state index in [9.17, 15) is 4.79 Å². The van der Waals surface area contributed by atoms with E-state index in [1.54, 1.807) is 30.4 Å². The number of nitrogens with one attached hydrogen (secondary N) is 1. The van der Waals surface area contributed by atoms with E-state index in [0.29, 0.717) is 18.2 Å². The minimum Gasteiger partial charge on any atom is -0.395 e. The average Bonchev–Trinajstić information content (AvgIpc) is 3.19. The number of carbonyl (C=O) groups is 1. The Morgan fingerprint density at radius 2 is 2.41 bits per heavy atom. The number of pyridine rings is 1.